The Balaban J connectivity index is 2.31. The maximum atomic E-state index is 6.27. The van der Waals surface area contributed by atoms with E-state index in [1.807, 2.05) is 31.3 Å². The van der Waals surface area contributed by atoms with Gasteiger partial charge in [-0.1, -0.05) is 23.7 Å². The standard InChI is InChI=1S/C15H14ClN3/c1-9-4-3-5-13-14(9)19(2)15(18-13)11-7-6-10(17)8-12(11)16/h3-8H,17H2,1-2H3. The highest BCUT2D eigenvalue weighted by Gasteiger charge is 2.13. The number of aromatic nitrogens is 2. The lowest BCUT2D eigenvalue weighted by Gasteiger charge is -2.06. The maximum absolute atomic E-state index is 6.27. The van der Waals surface area contributed by atoms with Crippen LogP contribution in [-0.2, 0) is 7.05 Å². The van der Waals surface area contributed by atoms with Crippen molar-refractivity contribution in [2.45, 2.75) is 6.92 Å². The van der Waals surface area contributed by atoms with E-state index in [0.29, 0.717) is 10.7 Å². The zero-order valence-corrected chi connectivity index (χ0v) is 11.6. The van der Waals surface area contributed by atoms with Crippen molar-refractivity contribution in [3.05, 3.63) is 47.0 Å². The number of rotatable bonds is 1. The number of anilines is 1. The molecule has 1 aromatic heterocycles. The number of para-hydroxylation sites is 1. The van der Waals surface area contributed by atoms with Gasteiger partial charge in [0.1, 0.15) is 5.82 Å². The Labute approximate surface area is 116 Å². The van der Waals surface area contributed by atoms with Gasteiger partial charge in [-0.3, -0.25) is 0 Å². The van der Waals surface area contributed by atoms with Gasteiger partial charge in [-0.05, 0) is 36.8 Å². The van der Waals surface area contributed by atoms with E-state index in [0.717, 1.165) is 22.4 Å². The van der Waals surface area contributed by atoms with E-state index < -0.39 is 0 Å². The van der Waals surface area contributed by atoms with Crippen molar-refractivity contribution >= 4 is 28.3 Å². The van der Waals surface area contributed by atoms with Gasteiger partial charge in [0, 0.05) is 18.3 Å². The lowest BCUT2D eigenvalue weighted by Crippen LogP contribution is -1.95. The fraction of sp³-hybridized carbons (Fsp3) is 0.133. The van der Waals surface area contributed by atoms with Gasteiger partial charge in [-0.2, -0.15) is 0 Å². The summed E-state index contributed by atoms with van der Waals surface area (Å²) in [5.41, 5.74) is 10.6. The molecule has 3 rings (SSSR count). The topological polar surface area (TPSA) is 43.8 Å². The first-order valence-electron chi connectivity index (χ1n) is 6.05. The van der Waals surface area contributed by atoms with Gasteiger partial charge in [0.05, 0.1) is 16.1 Å². The predicted octanol–water partition coefficient (Wildman–Crippen LogP) is 3.78. The number of nitrogen functional groups attached to an aromatic ring is 1. The molecule has 0 aliphatic heterocycles. The first kappa shape index (κ1) is 12.1. The van der Waals surface area contributed by atoms with Gasteiger partial charge in [0.25, 0.3) is 0 Å². The second-order valence-electron chi connectivity index (χ2n) is 4.68. The molecule has 0 aliphatic carbocycles. The summed E-state index contributed by atoms with van der Waals surface area (Å²) < 4.78 is 2.07. The molecule has 0 bridgehead atoms. The number of imidazole rings is 1. The van der Waals surface area contributed by atoms with Crippen molar-refractivity contribution in [2.24, 2.45) is 7.05 Å². The summed E-state index contributed by atoms with van der Waals surface area (Å²) in [7, 11) is 2.00. The molecule has 0 fully saturated rings. The van der Waals surface area contributed by atoms with E-state index in [1.54, 1.807) is 6.07 Å². The molecule has 0 spiro atoms. The van der Waals surface area contributed by atoms with Gasteiger partial charge < -0.3 is 10.3 Å². The Hall–Kier alpha value is -2.00. The number of benzene rings is 2. The summed E-state index contributed by atoms with van der Waals surface area (Å²) >= 11 is 6.27. The SMILES string of the molecule is Cc1cccc2nc(-c3ccc(N)cc3Cl)n(C)c12. The van der Waals surface area contributed by atoms with Crippen LogP contribution in [0.2, 0.25) is 5.02 Å². The Bertz CT molecular complexity index is 774. The van der Waals surface area contributed by atoms with Gasteiger partial charge in [-0.25, -0.2) is 4.98 Å². The van der Waals surface area contributed by atoms with E-state index in [2.05, 4.69) is 22.5 Å². The molecular formula is C15H14ClN3. The van der Waals surface area contributed by atoms with Crippen LogP contribution >= 0.6 is 11.6 Å². The fourth-order valence-corrected chi connectivity index (χ4v) is 2.69. The van der Waals surface area contributed by atoms with Crippen molar-refractivity contribution in [1.82, 2.24) is 9.55 Å². The van der Waals surface area contributed by atoms with Crippen molar-refractivity contribution in [1.29, 1.82) is 0 Å². The number of hydrogen-bond acceptors (Lipinski definition) is 2. The molecule has 1 heterocycles. The van der Waals surface area contributed by atoms with E-state index in [4.69, 9.17) is 17.3 Å². The van der Waals surface area contributed by atoms with Gasteiger partial charge >= 0.3 is 0 Å². The van der Waals surface area contributed by atoms with Crippen LogP contribution in [0.25, 0.3) is 22.4 Å². The quantitative estimate of drug-likeness (QED) is 0.685. The fourth-order valence-electron chi connectivity index (χ4n) is 2.42. The van der Waals surface area contributed by atoms with Crippen LogP contribution in [-0.4, -0.2) is 9.55 Å². The van der Waals surface area contributed by atoms with E-state index in [-0.39, 0.29) is 0 Å². The molecular weight excluding hydrogens is 258 g/mol. The second kappa shape index (κ2) is 4.28. The summed E-state index contributed by atoms with van der Waals surface area (Å²) in [4.78, 5) is 4.67. The zero-order chi connectivity index (χ0) is 13.6. The largest absolute Gasteiger partial charge is 0.399 e. The second-order valence-corrected chi connectivity index (χ2v) is 5.08. The number of hydrogen-bond donors (Lipinski definition) is 1. The zero-order valence-electron chi connectivity index (χ0n) is 10.8. The molecule has 0 amide bonds. The van der Waals surface area contributed by atoms with Crippen molar-refractivity contribution in [2.75, 3.05) is 5.73 Å². The molecule has 0 unspecified atom stereocenters. The molecule has 0 radical (unpaired) electrons. The first-order chi connectivity index (χ1) is 9.08. The number of halogens is 1. The van der Waals surface area contributed by atoms with Crippen LogP contribution in [0.15, 0.2) is 36.4 Å². The summed E-state index contributed by atoms with van der Waals surface area (Å²) in [6, 6.07) is 11.6. The first-order valence-corrected chi connectivity index (χ1v) is 6.43. The van der Waals surface area contributed by atoms with E-state index >= 15 is 0 Å². The monoisotopic (exact) mass is 271 g/mol. The molecule has 19 heavy (non-hydrogen) atoms. The minimum Gasteiger partial charge on any atom is -0.399 e. The van der Waals surface area contributed by atoms with Crippen molar-refractivity contribution < 1.29 is 0 Å². The van der Waals surface area contributed by atoms with Gasteiger partial charge in [0.15, 0.2) is 0 Å². The lowest BCUT2D eigenvalue weighted by molar-refractivity contribution is 0.955. The smallest absolute Gasteiger partial charge is 0.142 e. The maximum Gasteiger partial charge on any atom is 0.142 e. The van der Waals surface area contributed by atoms with Crippen LogP contribution in [0.4, 0.5) is 5.69 Å². The summed E-state index contributed by atoms with van der Waals surface area (Å²) in [5, 5.41) is 0.621. The third-order valence-corrected chi connectivity index (χ3v) is 3.64. The van der Waals surface area contributed by atoms with Crippen LogP contribution in [0.5, 0.6) is 0 Å². The third-order valence-electron chi connectivity index (χ3n) is 3.33. The molecule has 4 heteroatoms. The molecule has 0 saturated heterocycles. The molecule has 0 aliphatic rings. The Morgan fingerprint density at radius 1 is 1.21 bits per heavy atom. The van der Waals surface area contributed by atoms with E-state index in [1.165, 1.54) is 5.56 Å². The highest BCUT2D eigenvalue weighted by atomic mass is 35.5. The Kier molecular flexibility index (Phi) is 2.72. The lowest BCUT2D eigenvalue weighted by atomic mass is 10.2. The number of aryl methyl sites for hydroxylation is 2. The van der Waals surface area contributed by atoms with Crippen LogP contribution in [0.1, 0.15) is 5.56 Å². The van der Waals surface area contributed by atoms with Crippen molar-refractivity contribution in [3.8, 4) is 11.4 Å². The molecule has 3 nitrogen and oxygen atoms in total. The number of nitrogens with two attached hydrogens (primary N) is 1. The summed E-state index contributed by atoms with van der Waals surface area (Å²) in [5.74, 6) is 0.856. The van der Waals surface area contributed by atoms with Crippen LogP contribution < -0.4 is 5.73 Å². The minimum absolute atomic E-state index is 0.621. The molecule has 96 valence electrons. The number of fused-ring (bicyclic) bond motifs is 1. The predicted molar refractivity (Wildman–Crippen MR) is 80.3 cm³/mol. The van der Waals surface area contributed by atoms with Crippen LogP contribution in [0, 0.1) is 6.92 Å². The van der Waals surface area contributed by atoms with E-state index in [9.17, 15) is 0 Å². The number of nitrogens with zero attached hydrogens (tertiary/aromatic N) is 2. The Morgan fingerprint density at radius 3 is 2.68 bits per heavy atom. The average molecular weight is 272 g/mol. The van der Waals surface area contributed by atoms with Crippen LogP contribution in [0.3, 0.4) is 0 Å². The van der Waals surface area contributed by atoms with Gasteiger partial charge in [-0.15, -0.1) is 0 Å². The highest BCUT2D eigenvalue weighted by molar-refractivity contribution is 6.33. The molecule has 2 aromatic carbocycles. The Morgan fingerprint density at radius 2 is 2.00 bits per heavy atom. The molecule has 3 aromatic rings. The average Bonchev–Trinajstić information content (AvgIpc) is 2.68. The highest BCUT2D eigenvalue weighted by Crippen LogP contribution is 2.31. The van der Waals surface area contributed by atoms with Crippen molar-refractivity contribution in [3.63, 3.8) is 0 Å². The van der Waals surface area contributed by atoms with Gasteiger partial charge in [0.2, 0.25) is 0 Å². The molecule has 2 N–H and O–H groups in total. The molecule has 0 atom stereocenters. The summed E-state index contributed by atoms with van der Waals surface area (Å²) in [6.07, 6.45) is 0. The normalized spacial score (nSPS) is 11.1. The minimum atomic E-state index is 0.621. The molecule has 0 saturated carbocycles. The summed E-state index contributed by atoms with van der Waals surface area (Å²) in [6.45, 7) is 2.08. The third kappa shape index (κ3) is 1.87.